The molecular weight excluding hydrogens is 1010 g/mol. The summed E-state index contributed by atoms with van der Waals surface area (Å²) in [6.45, 7) is 25.1. The van der Waals surface area contributed by atoms with E-state index in [2.05, 4.69) is 282 Å². The minimum atomic E-state index is -2.30. The Hall–Kier alpha value is -7.95. The Balaban J connectivity index is 0.000000152. The van der Waals surface area contributed by atoms with E-state index < -0.39 is 8.07 Å². The van der Waals surface area contributed by atoms with E-state index in [4.69, 9.17) is 4.74 Å². The summed E-state index contributed by atoms with van der Waals surface area (Å²) in [5.41, 5.74) is 11.0. The third-order valence-electron chi connectivity index (χ3n) is 14.9. The van der Waals surface area contributed by atoms with E-state index in [0.717, 1.165) is 11.5 Å². The van der Waals surface area contributed by atoms with Gasteiger partial charge < -0.3 is 4.74 Å². The van der Waals surface area contributed by atoms with Crippen LogP contribution >= 0.6 is 11.8 Å². The standard InChI is InChI=1S/C24H20Si.C16H10.C15H14O.C15H14S.4C2H6/c1-5-13-21(14-6-1)25(22-15-7-2-8-16-22,23-17-9-3-10-18-23)24-19-11-4-12-20-24;1-2-8-13-12(7-1)14-9-3-5-11-6-4-10-15(13)16(11)14;2*1-15(2)11-7-3-5-9-13(11)16-14-10-6-4-8-12(14)15;4*1-2/h1-20H;1-10H;2*3-10H,1-2H3;4*1-2H3. The molecule has 0 atom stereocenters. The molecule has 410 valence electrons. The molecule has 2 aliphatic heterocycles. The van der Waals surface area contributed by atoms with E-state index in [1.807, 2.05) is 91.4 Å². The van der Waals surface area contributed by atoms with Gasteiger partial charge >= 0.3 is 0 Å². The molecule has 11 aromatic carbocycles. The maximum absolute atomic E-state index is 5.91. The smallest absolute Gasteiger partial charge is 0.179 e. The molecule has 3 heteroatoms. The molecule has 0 radical (unpaired) electrons. The van der Waals surface area contributed by atoms with Crippen LogP contribution in [-0.2, 0) is 10.8 Å². The Bertz CT molecular complexity index is 3260. The van der Waals surface area contributed by atoms with Gasteiger partial charge in [-0.05, 0) is 89.2 Å². The van der Waals surface area contributed by atoms with Crippen LogP contribution in [0.25, 0.3) is 33.0 Å². The summed E-state index contributed by atoms with van der Waals surface area (Å²) >= 11 is 1.88. The quantitative estimate of drug-likeness (QED) is 0.128. The third kappa shape index (κ3) is 12.7. The first-order valence-electron chi connectivity index (χ1n) is 29.3. The van der Waals surface area contributed by atoms with Crippen LogP contribution in [-0.4, -0.2) is 8.07 Å². The summed E-state index contributed by atoms with van der Waals surface area (Å²) in [7, 11) is -2.30. The van der Waals surface area contributed by atoms with Crippen molar-refractivity contribution in [2.24, 2.45) is 0 Å². The lowest BCUT2D eigenvalue weighted by Gasteiger charge is -2.34. The molecule has 2 heterocycles. The highest BCUT2D eigenvalue weighted by Crippen LogP contribution is 2.50. The fraction of sp³-hybridized carbons (Fsp3) is 0.179. The molecule has 0 fully saturated rings. The Morgan fingerprint density at radius 2 is 0.543 bits per heavy atom. The SMILES string of the molecule is CC.CC.CC.CC.CC1(C)c2ccccc2Oc2ccccc21.CC1(C)c2ccccc2Sc2ccccc21.c1ccc([Si](c2ccccc2)(c2ccccc2)c2ccccc2)cc1.c1ccc2c(c1)-c1cccc3cccc-2c13. The van der Waals surface area contributed by atoms with Gasteiger partial charge in [0.05, 0.1) is 0 Å². The Morgan fingerprint density at radius 1 is 0.272 bits per heavy atom. The number of hydrogen-bond acceptors (Lipinski definition) is 2. The van der Waals surface area contributed by atoms with Gasteiger partial charge in [-0.3, -0.25) is 0 Å². The zero-order valence-electron chi connectivity index (χ0n) is 49.9. The van der Waals surface area contributed by atoms with Gasteiger partial charge in [0.15, 0.2) is 8.07 Å². The third-order valence-corrected chi connectivity index (χ3v) is 20.9. The van der Waals surface area contributed by atoms with Crippen molar-refractivity contribution in [3.05, 3.63) is 301 Å². The van der Waals surface area contributed by atoms with Crippen LogP contribution in [0.5, 0.6) is 11.5 Å². The molecule has 0 N–H and O–H groups in total. The first-order valence-corrected chi connectivity index (χ1v) is 32.2. The molecule has 0 aromatic heterocycles. The topological polar surface area (TPSA) is 9.23 Å². The van der Waals surface area contributed by atoms with E-state index in [1.54, 1.807) is 0 Å². The van der Waals surface area contributed by atoms with Crippen LogP contribution in [0.1, 0.15) is 105 Å². The van der Waals surface area contributed by atoms with Crippen molar-refractivity contribution in [3.63, 3.8) is 0 Å². The molecule has 0 unspecified atom stereocenters. The van der Waals surface area contributed by atoms with Crippen LogP contribution < -0.4 is 25.5 Å². The second-order valence-electron chi connectivity index (χ2n) is 19.9. The number of ether oxygens (including phenoxy) is 1. The summed E-state index contributed by atoms with van der Waals surface area (Å²) in [5.74, 6) is 1.96. The molecule has 1 nitrogen and oxygen atoms in total. The van der Waals surface area contributed by atoms with Crippen molar-refractivity contribution in [2.45, 2.75) is 104 Å². The largest absolute Gasteiger partial charge is 0.457 e. The maximum atomic E-state index is 5.91. The molecule has 14 rings (SSSR count). The van der Waals surface area contributed by atoms with E-state index in [-0.39, 0.29) is 10.8 Å². The van der Waals surface area contributed by atoms with Gasteiger partial charge in [-0.25, -0.2) is 0 Å². The van der Waals surface area contributed by atoms with Crippen LogP contribution in [0.3, 0.4) is 0 Å². The summed E-state index contributed by atoms with van der Waals surface area (Å²) < 4.78 is 5.91. The monoisotopic (exact) mass is 1090 g/mol. The number of rotatable bonds is 4. The molecule has 81 heavy (non-hydrogen) atoms. The van der Waals surface area contributed by atoms with Crippen molar-refractivity contribution >= 4 is 51.4 Å². The number of fused-ring (bicyclic) bond motifs is 7. The van der Waals surface area contributed by atoms with Crippen LogP contribution in [0.4, 0.5) is 0 Å². The van der Waals surface area contributed by atoms with E-state index in [0.29, 0.717) is 0 Å². The first kappa shape index (κ1) is 60.7. The fourth-order valence-corrected chi connectivity index (χ4v) is 17.5. The maximum Gasteiger partial charge on any atom is 0.179 e. The molecule has 1 aliphatic carbocycles. The highest BCUT2D eigenvalue weighted by molar-refractivity contribution is 7.99. The molecule has 3 aliphatic rings. The van der Waals surface area contributed by atoms with Crippen LogP contribution in [0.15, 0.2) is 289 Å². The summed E-state index contributed by atoms with van der Waals surface area (Å²) in [6.07, 6.45) is 0. The Morgan fingerprint density at radius 3 is 0.901 bits per heavy atom. The Kier molecular flexibility index (Phi) is 21.7. The van der Waals surface area contributed by atoms with Crippen molar-refractivity contribution < 1.29 is 4.74 Å². The van der Waals surface area contributed by atoms with Crippen molar-refractivity contribution in [3.8, 4) is 33.8 Å². The summed E-state index contributed by atoms with van der Waals surface area (Å²) in [4.78, 5) is 2.79. The second-order valence-corrected chi connectivity index (χ2v) is 24.8. The van der Waals surface area contributed by atoms with Gasteiger partial charge in [-0.1, -0.05) is 350 Å². The molecule has 0 saturated heterocycles. The Labute approximate surface area is 491 Å². The lowest BCUT2D eigenvalue weighted by atomic mass is 9.76. The molecule has 11 aromatic rings. The van der Waals surface area contributed by atoms with Gasteiger partial charge in [-0.15, -0.1) is 0 Å². The van der Waals surface area contributed by atoms with Gasteiger partial charge in [0, 0.05) is 31.7 Å². The minimum absolute atomic E-state index is 0.0193. The highest BCUT2D eigenvalue weighted by Gasteiger charge is 2.41. The molecule has 0 saturated carbocycles. The van der Waals surface area contributed by atoms with Gasteiger partial charge in [-0.2, -0.15) is 0 Å². The number of para-hydroxylation sites is 2. The second kappa shape index (κ2) is 29.0. The van der Waals surface area contributed by atoms with E-state index in [9.17, 15) is 0 Å². The summed E-state index contributed by atoms with van der Waals surface area (Å²) in [5, 5.41) is 8.41. The van der Waals surface area contributed by atoms with E-state index >= 15 is 0 Å². The molecular formula is C78H82OSSi. The van der Waals surface area contributed by atoms with Gasteiger partial charge in [0.25, 0.3) is 0 Å². The average molecular weight is 1100 g/mol. The number of benzene rings is 11. The van der Waals surface area contributed by atoms with Gasteiger partial charge in [0.1, 0.15) is 11.5 Å². The highest BCUT2D eigenvalue weighted by atomic mass is 32.2. The summed E-state index contributed by atoms with van der Waals surface area (Å²) in [6, 6.07) is 99.7. The van der Waals surface area contributed by atoms with Crippen LogP contribution in [0, 0.1) is 0 Å². The van der Waals surface area contributed by atoms with Crippen molar-refractivity contribution in [1.29, 1.82) is 0 Å². The first-order chi connectivity index (χ1) is 39.8. The lowest BCUT2D eigenvalue weighted by Crippen LogP contribution is -2.74. The fourth-order valence-electron chi connectivity index (χ4n) is 11.3. The van der Waals surface area contributed by atoms with Crippen molar-refractivity contribution in [2.75, 3.05) is 0 Å². The van der Waals surface area contributed by atoms with Crippen molar-refractivity contribution in [1.82, 2.24) is 0 Å². The molecule has 0 bridgehead atoms. The zero-order chi connectivity index (χ0) is 57.8. The average Bonchev–Trinajstić information content (AvgIpc) is 4.11. The van der Waals surface area contributed by atoms with E-state index in [1.165, 1.54) is 85.8 Å². The lowest BCUT2D eigenvalue weighted by molar-refractivity contribution is 0.418. The predicted octanol–water partition coefficient (Wildman–Crippen LogP) is 20.3. The van der Waals surface area contributed by atoms with Crippen LogP contribution in [0.2, 0.25) is 0 Å². The zero-order valence-corrected chi connectivity index (χ0v) is 51.7. The normalized spacial score (nSPS) is 12.4. The minimum Gasteiger partial charge on any atom is -0.457 e. The predicted molar refractivity (Wildman–Crippen MR) is 358 cm³/mol. The van der Waals surface area contributed by atoms with Gasteiger partial charge in [0.2, 0.25) is 0 Å². The molecule has 0 spiro atoms. The molecule has 0 amide bonds. The number of hydrogen-bond donors (Lipinski definition) is 0.